The fraction of sp³-hybridized carbons (Fsp3) is 0.318. The number of aryl methyl sites for hydroxylation is 1. The Balaban J connectivity index is 1.61. The normalized spacial score (nSPS) is 12.1. The Morgan fingerprint density at radius 2 is 1.75 bits per heavy atom. The number of H-pyrrole nitrogens is 1. The number of benzene rings is 2. The second-order valence-electron chi connectivity index (χ2n) is 7.33. The number of amides is 2. The van der Waals surface area contributed by atoms with E-state index >= 15 is 0 Å². The molecule has 28 heavy (non-hydrogen) atoms. The minimum atomic E-state index is -0.600. The number of carbonyl (C=O) groups is 2. The summed E-state index contributed by atoms with van der Waals surface area (Å²) in [5, 5.41) is 5.68. The van der Waals surface area contributed by atoms with Gasteiger partial charge in [-0.1, -0.05) is 56.3 Å². The topological polar surface area (TPSA) is 86.9 Å². The van der Waals surface area contributed by atoms with Crippen LogP contribution in [0.3, 0.4) is 0 Å². The Hall–Kier alpha value is -3.15. The number of imidazole rings is 1. The molecule has 0 unspecified atom stereocenters. The molecular weight excluding hydrogens is 352 g/mol. The van der Waals surface area contributed by atoms with Gasteiger partial charge in [0.2, 0.25) is 17.8 Å². The van der Waals surface area contributed by atoms with Crippen LogP contribution >= 0.6 is 0 Å². The van der Waals surface area contributed by atoms with Crippen LogP contribution in [0.2, 0.25) is 0 Å². The minimum absolute atomic E-state index is 0.130. The number of nitrogens with one attached hydrogen (secondary N) is 3. The van der Waals surface area contributed by atoms with E-state index in [2.05, 4.69) is 20.6 Å². The van der Waals surface area contributed by atoms with E-state index < -0.39 is 6.04 Å². The summed E-state index contributed by atoms with van der Waals surface area (Å²) in [6, 6.07) is 16.8. The molecule has 0 aliphatic rings. The first-order chi connectivity index (χ1) is 13.5. The Labute approximate surface area is 164 Å². The predicted molar refractivity (Wildman–Crippen MR) is 111 cm³/mol. The van der Waals surface area contributed by atoms with E-state index in [1.165, 1.54) is 0 Å². The molecule has 3 aromatic rings. The molecule has 0 fully saturated rings. The lowest BCUT2D eigenvalue weighted by atomic mass is 10.0. The zero-order valence-electron chi connectivity index (χ0n) is 16.2. The molecule has 0 aliphatic carbocycles. The van der Waals surface area contributed by atoms with Gasteiger partial charge in [0, 0.05) is 6.42 Å². The first-order valence-corrected chi connectivity index (χ1v) is 9.60. The van der Waals surface area contributed by atoms with Crippen LogP contribution in [0.25, 0.3) is 11.0 Å². The minimum Gasteiger partial charge on any atom is -0.344 e. The fourth-order valence-electron chi connectivity index (χ4n) is 3.09. The Morgan fingerprint density at radius 1 is 1.04 bits per heavy atom. The number of aromatic nitrogens is 2. The molecule has 6 heteroatoms. The molecule has 1 heterocycles. The highest BCUT2D eigenvalue weighted by molar-refractivity contribution is 5.97. The molecule has 0 bridgehead atoms. The zero-order chi connectivity index (χ0) is 19.9. The molecule has 0 aliphatic heterocycles. The van der Waals surface area contributed by atoms with E-state index in [1.807, 2.05) is 68.4 Å². The van der Waals surface area contributed by atoms with Crippen LogP contribution in [0.5, 0.6) is 0 Å². The number of aromatic amines is 1. The molecule has 146 valence electrons. The average molecular weight is 378 g/mol. The maximum Gasteiger partial charge on any atom is 0.249 e. The first-order valence-electron chi connectivity index (χ1n) is 9.60. The van der Waals surface area contributed by atoms with E-state index in [0.29, 0.717) is 25.2 Å². The van der Waals surface area contributed by atoms with Gasteiger partial charge in [0.05, 0.1) is 11.0 Å². The van der Waals surface area contributed by atoms with E-state index in [-0.39, 0.29) is 17.7 Å². The Kier molecular flexibility index (Phi) is 6.42. The predicted octanol–water partition coefficient (Wildman–Crippen LogP) is 3.67. The monoisotopic (exact) mass is 378 g/mol. The summed E-state index contributed by atoms with van der Waals surface area (Å²) in [6.07, 6.45) is 1.55. The fourth-order valence-corrected chi connectivity index (χ4v) is 3.09. The zero-order valence-corrected chi connectivity index (χ0v) is 16.2. The van der Waals surface area contributed by atoms with Crippen LogP contribution in [0, 0.1) is 5.92 Å². The summed E-state index contributed by atoms with van der Waals surface area (Å²) < 4.78 is 0. The number of fused-ring (bicyclic) bond motifs is 1. The van der Waals surface area contributed by atoms with E-state index in [0.717, 1.165) is 16.6 Å². The third-order valence-corrected chi connectivity index (χ3v) is 4.47. The third-order valence-electron chi connectivity index (χ3n) is 4.47. The van der Waals surface area contributed by atoms with Crippen LogP contribution in [-0.2, 0) is 16.0 Å². The van der Waals surface area contributed by atoms with Gasteiger partial charge in [0.25, 0.3) is 0 Å². The number of para-hydroxylation sites is 2. The van der Waals surface area contributed by atoms with Gasteiger partial charge < -0.3 is 10.3 Å². The molecule has 0 saturated heterocycles. The van der Waals surface area contributed by atoms with Gasteiger partial charge in [-0.2, -0.15) is 0 Å². The van der Waals surface area contributed by atoms with Gasteiger partial charge in [-0.3, -0.25) is 14.9 Å². The quantitative estimate of drug-likeness (QED) is 0.559. The largest absolute Gasteiger partial charge is 0.344 e. The highest BCUT2D eigenvalue weighted by atomic mass is 16.2. The lowest BCUT2D eigenvalue weighted by Gasteiger charge is -2.19. The smallest absolute Gasteiger partial charge is 0.249 e. The molecule has 0 radical (unpaired) electrons. The van der Waals surface area contributed by atoms with Crippen LogP contribution in [0.15, 0.2) is 54.6 Å². The second kappa shape index (κ2) is 9.17. The number of nitrogens with zero attached hydrogens (tertiary/aromatic N) is 1. The number of carbonyl (C=O) groups excluding carboxylic acids is 2. The van der Waals surface area contributed by atoms with Gasteiger partial charge >= 0.3 is 0 Å². The van der Waals surface area contributed by atoms with Gasteiger partial charge in [0.1, 0.15) is 6.04 Å². The van der Waals surface area contributed by atoms with Gasteiger partial charge in [0.15, 0.2) is 0 Å². The maximum absolute atomic E-state index is 12.7. The van der Waals surface area contributed by atoms with Crippen molar-refractivity contribution >= 4 is 28.8 Å². The summed E-state index contributed by atoms with van der Waals surface area (Å²) in [5.74, 6) is 0.259. The van der Waals surface area contributed by atoms with Crippen molar-refractivity contribution < 1.29 is 9.59 Å². The van der Waals surface area contributed by atoms with Crippen molar-refractivity contribution in [2.45, 2.75) is 39.2 Å². The molecule has 0 saturated carbocycles. The summed E-state index contributed by atoms with van der Waals surface area (Å²) in [7, 11) is 0. The van der Waals surface area contributed by atoms with Gasteiger partial charge in [-0.15, -0.1) is 0 Å². The number of rotatable bonds is 8. The van der Waals surface area contributed by atoms with Crippen molar-refractivity contribution in [3.05, 3.63) is 60.2 Å². The molecule has 3 N–H and O–H groups in total. The van der Waals surface area contributed by atoms with Gasteiger partial charge in [-0.05, 0) is 36.5 Å². The van der Waals surface area contributed by atoms with Crippen molar-refractivity contribution in [1.29, 1.82) is 0 Å². The van der Waals surface area contributed by atoms with Gasteiger partial charge in [-0.25, -0.2) is 4.98 Å². The van der Waals surface area contributed by atoms with E-state index in [9.17, 15) is 9.59 Å². The second-order valence-corrected chi connectivity index (χ2v) is 7.33. The number of hydrogen-bond donors (Lipinski definition) is 3. The van der Waals surface area contributed by atoms with Crippen LogP contribution in [0.1, 0.15) is 32.3 Å². The third kappa shape index (κ3) is 5.42. The number of anilines is 1. The highest BCUT2D eigenvalue weighted by Crippen LogP contribution is 2.14. The van der Waals surface area contributed by atoms with E-state index in [4.69, 9.17) is 0 Å². The summed E-state index contributed by atoms with van der Waals surface area (Å²) >= 11 is 0. The molecule has 1 atom stereocenters. The van der Waals surface area contributed by atoms with Crippen molar-refractivity contribution in [2.24, 2.45) is 5.92 Å². The molecular formula is C22H26N4O2. The molecule has 0 spiro atoms. The van der Waals surface area contributed by atoms with Crippen LogP contribution in [-0.4, -0.2) is 27.8 Å². The SMILES string of the molecule is CC(C)C[C@H](NC(=O)CCc1ccccc1)C(=O)Nc1nc2ccccc2[nH]1. The van der Waals surface area contributed by atoms with Crippen molar-refractivity contribution in [2.75, 3.05) is 5.32 Å². The van der Waals surface area contributed by atoms with Crippen molar-refractivity contribution in [3.63, 3.8) is 0 Å². The van der Waals surface area contributed by atoms with E-state index in [1.54, 1.807) is 0 Å². The number of hydrogen-bond acceptors (Lipinski definition) is 3. The van der Waals surface area contributed by atoms with Crippen molar-refractivity contribution in [1.82, 2.24) is 15.3 Å². The summed E-state index contributed by atoms with van der Waals surface area (Å²) in [5.41, 5.74) is 2.74. The van der Waals surface area contributed by atoms with Crippen molar-refractivity contribution in [3.8, 4) is 0 Å². The van der Waals surface area contributed by atoms with Crippen LogP contribution < -0.4 is 10.6 Å². The standard InChI is InChI=1S/C22H26N4O2/c1-15(2)14-19(23-20(27)13-12-16-8-4-3-5-9-16)21(28)26-22-24-17-10-6-7-11-18(17)25-22/h3-11,15,19H,12-14H2,1-2H3,(H,23,27)(H2,24,25,26,28)/t19-/m0/s1. The molecule has 3 rings (SSSR count). The lowest BCUT2D eigenvalue weighted by molar-refractivity contribution is -0.126. The lowest BCUT2D eigenvalue weighted by Crippen LogP contribution is -2.44. The Morgan fingerprint density at radius 3 is 2.46 bits per heavy atom. The summed E-state index contributed by atoms with van der Waals surface area (Å²) in [6.45, 7) is 4.05. The molecule has 1 aromatic heterocycles. The Bertz CT molecular complexity index is 901. The molecule has 2 aromatic carbocycles. The first kappa shape index (κ1) is 19.6. The molecule has 2 amide bonds. The highest BCUT2D eigenvalue weighted by Gasteiger charge is 2.22. The average Bonchev–Trinajstić information content (AvgIpc) is 3.08. The molecule has 6 nitrogen and oxygen atoms in total. The maximum atomic E-state index is 12.7. The van der Waals surface area contributed by atoms with Crippen LogP contribution in [0.4, 0.5) is 5.95 Å². The summed E-state index contributed by atoms with van der Waals surface area (Å²) in [4.78, 5) is 32.6.